The quantitative estimate of drug-likeness (QED) is 0.704. The van der Waals surface area contributed by atoms with Crippen molar-refractivity contribution in [2.75, 3.05) is 6.61 Å². The van der Waals surface area contributed by atoms with Crippen molar-refractivity contribution in [2.45, 2.75) is 6.04 Å². The van der Waals surface area contributed by atoms with Crippen LogP contribution in [0.15, 0.2) is 18.2 Å². The molecule has 0 aliphatic carbocycles. The van der Waals surface area contributed by atoms with Crippen LogP contribution in [0.1, 0.15) is 10.4 Å². The van der Waals surface area contributed by atoms with E-state index in [1.165, 1.54) is 0 Å². The van der Waals surface area contributed by atoms with Gasteiger partial charge >= 0.3 is 5.97 Å². The average Bonchev–Trinajstić information content (AvgIpc) is 2.28. The second-order valence-corrected chi connectivity index (χ2v) is 3.17. The zero-order chi connectivity index (χ0) is 13.0. The van der Waals surface area contributed by atoms with Gasteiger partial charge in [0.05, 0.1) is 12.2 Å². The van der Waals surface area contributed by atoms with Gasteiger partial charge in [-0.1, -0.05) is 0 Å². The van der Waals surface area contributed by atoms with Gasteiger partial charge in [0.25, 0.3) is 5.91 Å². The topological polar surface area (TPSA) is 86.6 Å². The second-order valence-electron chi connectivity index (χ2n) is 3.17. The first-order valence-corrected chi connectivity index (χ1v) is 4.55. The highest BCUT2D eigenvalue weighted by atomic mass is 19.1. The van der Waals surface area contributed by atoms with Crippen LogP contribution in [-0.2, 0) is 4.79 Å². The maximum atomic E-state index is 13.1. The van der Waals surface area contributed by atoms with Crippen molar-refractivity contribution in [1.29, 1.82) is 0 Å². The van der Waals surface area contributed by atoms with E-state index in [9.17, 15) is 18.4 Å². The van der Waals surface area contributed by atoms with E-state index in [-0.39, 0.29) is 0 Å². The summed E-state index contributed by atoms with van der Waals surface area (Å²) < 4.78 is 25.9. The van der Waals surface area contributed by atoms with E-state index < -0.39 is 41.7 Å². The Bertz CT molecular complexity index is 450. The molecule has 0 radical (unpaired) electrons. The Morgan fingerprint density at radius 2 is 2.00 bits per heavy atom. The fraction of sp³-hybridized carbons (Fsp3) is 0.200. The number of carbonyl (C=O) groups is 2. The molecular formula is C10H9F2NO4. The van der Waals surface area contributed by atoms with Crippen LogP contribution in [0.25, 0.3) is 0 Å². The Kier molecular flexibility index (Phi) is 4.11. The maximum Gasteiger partial charge on any atom is 0.328 e. The standard InChI is InChI=1S/C10H9F2NO4/c11-5-1-2-7(12)6(3-5)9(15)13-8(4-14)10(16)17/h1-3,8,14H,4H2,(H,13,15)(H,16,17). The van der Waals surface area contributed by atoms with E-state index >= 15 is 0 Å². The van der Waals surface area contributed by atoms with Crippen LogP contribution in [0.5, 0.6) is 0 Å². The summed E-state index contributed by atoms with van der Waals surface area (Å²) in [5.74, 6) is -4.39. The number of hydrogen-bond acceptors (Lipinski definition) is 3. The molecule has 0 saturated carbocycles. The van der Waals surface area contributed by atoms with Crippen LogP contribution < -0.4 is 5.32 Å². The summed E-state index contributed by atoms with van der Waals surface area (Å²) in [7, 11) is 0. The number of aliphatic hydroxyl groups is 1. The summed E-state index contributed by atoms with van der Waals surface area (Å²) in [6.07, 6.45) is 0. The van der Waals surface area contributed by atoms with E-state index in [0.29, 0.717) is 6.07 Å². The van der Waals surface area contributed by atoms with Crippen LogP contribution in [-0.4, -0.2) is 34.7 Å². The van der Waals surface area contributed by atoms with Crippen molar-refractivity contribution in [3.8, 4) is 0 Å². The van der Waals surface area contributed by atoms with Gasteiger partial charge in [0, 0.05) is 0 Å². The molecule has 1 rings (SSSR count). The number of nitrogens with one attached hydrogen (secondary N) is 1. The third kappa shape index (κ3) is 3.22. The van der Waals surface area contributed by atoms with E-state index in [2.05, 4.69) is 0 Å². The van der Waals surface area contributed by atoms with Crippen molar-refractivity contribution in [1.82, 2.24) is 5.32 Å². The van der Waals surface area contributed by atoms with Gasteiger partial charge in [-0.05, 0) is 18.2 Å². The molecule has 1 aromatic rings. The first-order chi connectivity index (χ1) is 7.95. The summed E-state index contributed by atoms with van der Waals surface area (Å²) in [6.45, 7) is -0.849. The maximum absolute atomic E-state index is 13.1. The number of aliphatic hydroxyl groups excluding tert-OH is 1. The normalized spacial score (nSPS) is 11.9. The molecule has 1 atom stereocenters. The minimum Gasteiger partial charge on any atom is -0.480 e. The number of aliphatic carboxylic acids is 1. The average molecular weight is 245 g/mol. The smallest absolute Gasteiger partial charge is 0.328 e. The predicted octanol–water partition coefficient (Wildman–Crippen LogP) is 0.140. The van der Waals surface area contributed by atoms with Crippen molar-refractivity contribution < 1.29 is 28.6 Å². The Morgan fingerprint density at radius 1 is 1.35 bits per heavy atom. The molecule has 0 saturated heterocycles. The number of carbonyl (C=O) groups excluding carboxylic acids is 1. The molecule has 1 aromatic carbocycles. The van der Waals surface area contributed by atoms with E-state index in [4.69, 9.17) is 10.2 Å². The number of amides is 1. The Balaban J connectivity index is 2.89. The van der Waals surface area contributed by atoms with Crippen LogP contribution in [0, 0.1) is 11.6 Å². The molecule has 0 aliphatic rings. The van der Waals surface area contributed by atoms with Gasteiger partial charge in [0.15, 0.2) is 6.04 Å². The highest BCUT2D eigenvalue weighted by Gasteiger charge is 2.21. The van der Waals surface area contributed by atoms with Crippen molar-refractivity contribution >= 4 is 11.9 Å². The van der Waals surface area contributed by atoms with Gasteiger partial charge in [0.1, 0.15) is 11.6 Å². The number of hydrogen-bond donors (Lipinski definition) is 3. The summed E-state index contributed by atoms with van der Waals surface area (Å²) in [4.78, 5) is 21.9. The molecule has 1 amide bonds. The lowest BCUT2D eigenvalue weighted by atomic mass is 10.2. The lowest BCUT2D eigenvalue weighted by Gasteiger charge is -2.11. The van der Waals surface area contributed by atoms with Gasteiger partial charge in [-0.3, -0.25) is 4.79 Å². The van der Waals surface area contributed by atoms with Gasteiger partial charge < -0.3 is 15.5 Å². The Labute approximate surface area is 94.7 Å². The monoisotopic (exact) mass is 245 g/mol. The van der Waals surface area contributed by atoms with E-state index in [1.807, 2.05) is 5.32 Å². The Morgan fingerprint density at radius 3 is 2.53 bits per heavy atom. The summed E-state index contributed by atoms with van der Waals surface area (Å²) in [6, 6.07) is 0.650. The van der Waals surface area contributed by atoms with Gasteiger partial charge in [-0.15, -0.1) is 0 Å². The fourth-order valence-corrected chi connectivity index (χ4v) is 1.09. The first kappa shape index (κ1) is 13.0. The molecule has 0 spiro atoms. The lowest BCUT2D eigenvalue weighted by molar-refractivity contribution is -0.140. The van der Waals surface area contributed by atoms with Crippen LogP contribution >= 0.6 is 0 Å². The van der Waals surface area contributed by atoms with Crippen LogP contribution in [0.2, 0.25) is 0 Å². The number of benzene rings is 1. The zero-order valence-corrected chi connectivity index (χ0v) is 8.48. The predicted molar refractivity (Wildman–Crippen MR) is 52.3 cm³/mol. The number of carboxylic acids is 1. The van der Waals surface area contributed by atoms with Crippen LogP contribution in [0.3, 0.4) is 0 Å². The molecule has 17 heavy (non-hydrogen) atoms. The summed E-state index contributed by atoms with van der Waals surface area (Å²) in [5, 5.41) is 19.1. The second kappa shape index (κ2) is 5.35. The van der Waals surface area contributed by atoms with Gasteiger partial charge in [-0.2, -0.15) is 0 Å². The third-order valence-electron chi connectivity index (χ3n) is 1.96. The molecule has 5 nitrogen and oxygen atoms in total. The minimum atomic E-state index is -1.56. The zero-order valence-electron chi connectivity index (χ0n) is 8.48. The highest BCUT2D eigenvalue weighted by molar-refractivity contribution is 5.96. The molecule has 92 valence electrons. The lowest BCUT2D eigenvalue weighted by Crippen LogP contribution is -2.43. The van der Waals surface area contributed by atoms with Gasteiger partial charge in [-0.25, -0.2) is 13.6 Å². The molecule has 0 bridgehead atoms. The van der Waals surface area contributed by atoms with Crippen molar-refractivity contribution in [3.63, 3.8) is 0 Å². The van der Waals surface area contributed by atoms with Crippen molar-refractivity contribution in [3.05, 3.63) is 35.4 Å². The largest absolute Gasteiger partial charge is 0.480 e. The van der Waals surface area contributed by atoms with Gasteiger partial charge in [0.2, 0.25) is 0 Å². The van der Waals surface area contributed by atoms with Crippen molar-refractivity contribution in [2.24, 2.45) is 0 Å². The SMILES string of the molecule is O=C(NC(CO)C(=O)O)c1cc(F)ccc1F. The summed E-state index contributed by atoms with van der Waals surface area (Å²) in [5.41, 5.74) is -0.621. The molecule has 0 fully saturated rings. The molecule has 3 N–H and O–H groups in total. The van der Waals surface area contributed by atoms with E-state index in [0.717, 1.165) is 12.1 Å². The number of carboxylic acid groups (broad SMARTS) is 1. The third-order valence-corrected chi connectivity index (χ3v) is 1.96. The molecule has 0 aromatic heterocycles. The minimum absolute atomic E-state index is 0.621. The number of rotatable bonds is 4. The Hall–Kier alpha value is -2.02. The number of halogens is 2. The van der Waals surface area contributed by atoms with E-state index in [1.54, 1.807) is 0 Å². The molecule has 0 aliphatic heterocycles. The highest BCUT2D eigenvalue weighted by Crippen LogP contribution is 2.09. The first-order valence-electron chi connectivity index (χ1n) is 4.55. The fourth-order valence-electron chi connectivity index (χ4n) is 1.09. The summed E-state index contributed by atoms with van der Waals surface area (Å²) >= 11 is 0. The molecule has 0 heterocycles. The molecule has 7 heteroatoms. The van der Waals surface area contributed by atoms with Crippen LogP contribution in [0.4, 0.5) is 8.78 Å². The molecule has 1 unspecified atom stereocenters. The molecular weight excluding hydrogens is 236 g/mol.